The van der Waals surface area contributed by atoms with Crippen molar-refractivity contribution in [2.75, 3.05) is 24.5 Å². The summed E-state index contributed by atoms with van der Waals surface area (Å²) >= 11 is 0. The standard InChI is InChI=1S/C24H24FN5O/c1-28-14-18(11-27-28)16-6-7-17(21(25)10-16)15-29-22-5-3-2-4-20(22)24(23(29)31)8-9-30(24)19-12-26-13-19/h2-7,10-11,14,19,26H,8-9,12-13,15H2,1H3. The van der Waals surface area contributed by atoms with Crippen molar-refractivity contribution in [1.29, 1.82) is 0 Å². The van der Waals surface area contributed by atoms with E-state index < -0.39 is 5.54 Å². The second-order valence-electron chi connectivity index (χ2n) is 8.73. The van der Waals surface area contributed by atoms with E-state index in [1.54, 1.807) is 21.8 Å². The zero-order chi connectivity index (χ0) is 21.2. The van der Waals surface area contributed by atoms with Crippen LogP contribution in [-0.2, 0) is 23.9 Å². The smallest absolute Gasteiger partial charge is 0.252 e. The van der Waals surface area contributed by atoms with E-state index in [0.717, 1.165) is 48.4 Å². The molecule has 158 valence electrons. The van der Waals surface area contributed by atoms with E-state index in [1.807, 2.05) is 37.5 Å². The Morgan fingerprint density at radius 2 is 2.03 bits per heavy atom. The van der Waals surface area contributed by atoms with Gasteiger partial charge in [0.15, 0.2) is 0 Å². The monoisotopic (exact) mass is 417 g/mol. The topological polar surface area (TPSA) is 53.4 Å². The van der Waals surface area contributed by atoms with Crippen molar-refractivity contribution in [1.82, 2.24) is 20.0 Å². The third-order valence-electron chi connectivity index (χ3n) is 7.06. The molecule has 7 heteroatoms. The average molecular weight is 417 g/mol. The van der Waals surface area contributed by atoms with Gasteiger partial charge in [-0.1, -0.05) is 30.3 Å². The molecular formula is C24H24FN5O. The molecule has 0 radical (unpaired) electrons. The number of nitrogens with zero attached hydrogens (tertiary/aromatic N) is 4. The summed E-state index contributed by atoms with van der Waals surface area (Å²) in [6, 6.07) is 13.6. The van der Waals surface area contributed by atoms with Crippen LogP contribution in [0.15, 0.2) is 54.9 Å². The number of aromatic nitrogens is 2. The number of benzene rings is 2. The number of hydrogen-bond donors (Lipinski definition) is 1. The van der Waals surface area contributed by atoms with E-state index in [1.165, 1.54) is 6.07 Å². The molecule has 0 bridgehead atoms. The molecule has 31 heavy (non-hydrogen) atoms. The van der Waals surface area contributed by atoms with Crippen LogP contribution in [0.4, 0.5) is 10.1 Å². The number of anilines is 1. The van der Waals surface area contributed by atoms with Crippen molar-refractivity contribution >= 4 is 11.6 Å². The predicted molar refractivity (Wildman–Crippen MR) is 116 cm³/mol. The molecule has 1 aromatic heterocycles. The molecule has 2 aromatic carbocycles. The maximum Gasteiger partial charge on any atom is 0.252 e. The first kappa shape index (κ1) is 18.7. The molecule has 3 aliphatic heterocycles. The first-order chi connectivity index (χ1) is 15.1. The van der Waals surface area contributed by atoms with Gasteiger partial charge in [0, 0.05) is 61.3 Å². The molecule has 6 nitrogen and oxygen atoms in total. The number of halogens is 1. The van der Waals surface area contributed by atoms with Crippen LogP contribution in [0.3, 0.4) is 0 Å². The Bertz CT molecular complexity index is 1190. The summed E-state index contributed by atoms with van der Waals surface area (Å²) < 4.78 is 16.8. The highest BCUT2D eigenvalue weighted by molar-refractivity contribution is 6.08. The van der Waals surface area contributed by atoms with Gasteiger partial charge in [0.05, 0.1) is 12.7 Å². The SMILES string of the molecule is Cn1cc(-c2ccc(CN3C(=O)C4(CCN4C4CNC4)c4ccccc43)c(F)c2)cn1. The van der Waals surface area contributed by atoms with Crippen LogP contribution < -0.4 is 10.2 Å². The van der Waals surface area contributed by atoms with Crippen molar-refractivity contribution in [2.45, 2.75) is 24.5 Å². The third kappa shape index (κ3) is 2.63. The molecule has 0 saturated carbocycles. The summed E-state index contributed by atoms with van der Waals surface area (Å²) in [5.41, 5.74) is 3.54. The molecule has 4 heterocycles. The van der Waals surface area contributed by atoms with Crippen LogP contribution in [0, 0.1) is 5.82 Å². The molecular weight excluding hydrogens is 393 g/mol. The third-order valence-corrected chi connectivity index (χ3v) is 7.06. The molecule has 3 aliphatic rings. The van der Waals surface area contributed by atoms with Gasteiger partial charge in [0.25, 0.3) is 5.91 Å². The van der Waals surface area contributed by atoms with E-state index in [2.05, 4.69) is 21.4 Å². The number of carbonyl (C=O) groups excluding carboxylic acids is 1. The van der Waals surface area contributed by atoms with Gasteiger partial charge in [-0.2, -0.15) is 5.10 Å². The summed E-state index contributed by atoms with van der Waals surface area (Å²) in [6.45, 7) is 2.99. The molecule has 2 saturated heterocycles. The molecule has 1 unspecified atom stereocenters. The van der Waals surface area contributed by atoms with Crippen molar-refractivity contribution < 1.29 is 9.18 Å². The summed E-state index contributed by atoms with van der Waals surface area (Å²) in [5.74, 6) is -0.233. The van der Waals surface area contributed by atoms with Gasteiger partial charge in [0.2, 0.25) is 0 Å². The Morgan fingerprint density at radius 1 is 1.19 bits per heavy atom. The maximum absolute atomic E-state index is 15.1. The van der Waals surface area contributed by atoms with Crippen LogP contribution in [0.1, 0.15) is 17.5 Å². The summed E-state index contributed by atoms with van der Waals surface area (Å²) in [5, 5.41) is 7.47. The van der Waals surface area contributed by atoms with Gasteiger partial charge < -0.3 is 10.2 Å². The molecule has 3 aromatic rings. The lowest BCUT2D eigenvalue weighted by Gasteiger charge is -2.55. The van der Waals surface area contributed by atoms with Crippen LogP contribution in [0.2, 0.25) is 0 Å². The average Bonchev–Trinajstić information content (AvgIpc) is 3.26. The van der Waals surface area contributed by atoms with Gasteiger partial charge in [0.1, 0.15) is 11.4 Å². The normalized spacial score (nSPS) is 23.2. The molecule has 0 aliphatic carbocycles. The maximum atomic E-state index is 15.1. The van der Waals surface area contributed by atoms with Crippen molar-refractivity contribution in [2.24, 2.45) is 7.05 Å². The number of hydrogen-bond acceptors (Lipinski definition) is 4. The highest BCUT2D eigenvalue weighted by atomic mass is 19.1. The van der Waals surface area contributed by atoms with Crippen molar-refractivity contribution in [3.8, 4) is 11.1 Å². The Kier molecular flexibility index (Phi) is 4.07. The molecule has 1 N–H and O–H groups in total. The van der Waals surface area contributed by atoms with Gasteiger partial charge >= 0.3 is 0 Å². The van der Waals surface area contributed by atoms with E-state index in [9.17, 15) is 4.79 Å². The van der Waals surface area contributed by atoms with Crippen molar-refractivity contribution in [3.05, 3.63) is 71.8 Å². The van der Waals surface area contributed by atoms with Crippen LogP contribution in [0.25, 0.3) is 11.1 Å². The van der Waals surface area contributed by atoms with Crippen LogP contribution >= 0.6 is 0 Å². The second-order valence-corrected chi connectivity index (χ2v) is 8.73. The molecule has 1 atom stereocenters. The number of fused-ring (bicyclic) bond motifs is 2. The summed E-state index contributed by atoms with van der Waals surface area (Å²) in [7, 11) is 1.84. The summed E-state index contributed by atoms with van der Waals surface area (Å²) in [4.78, 5) is 17.9. The molecule has 6 rings (SSSR count). The molecule has 1 spiro atoms. The number of amides is 1. The van der Waals surface area contributed by atoms with Gasteiger partial charge in [-0.05, 0) is 24.1 Å². The fourth-order valence-corrected chi connectivity index (χ4v) is 5.23. The fourth-order valence-electron chi connectivity index (χ4n) is 5.23. The van der Waals surface area contributed by atoms with E-state index in [-0.39, 0.29) is 18.3 Å². The highest BCUT2D eigenvalue weighted by Gasteiger charge is 2.61. The quantitative estimate of drug-likeness (QED) is 0.709. The Morgan fingerprint density at radius 3 is 2.68 bits per heavy atom. The summed E-state index contributed by atoms with van der Waals surface area (Å²) in [6.07, 6.45) is 4.40. The lowest BCUT2D eigenvalue weighted by atomic mass is 9.77. The van der Waals surface area contributed by atoms with E-state index >= 15 is 4.39 Å². The number of para-hydroxylation sites is 1. The minimum atomic E-state index is -0.588. The molecule has 1 amide bonds. The lowest BCUT2D eigenvalue weighted by Crippen LogP contribution is -2.71. The lowest BCUT2D eigenvalue weighted by molar-refractivity contribution is -0.146. The zero-order valence-corrected chi connectivity index (χ0v) is 17.4. The number of aryl methyl sites for hydroxylation is 1. The van der Waals surface area contributed by atoms with E-state index in [0.29, 0.717) is 11.6 Å². The highest BCUT2D eigenvalue weighted by Crippen LogP contribution is 2.52. The van der Waals surface area contributed by atoms with Gasteiger partial charge in [-0.3, -0.25) is 14.4 Å². The second kappa shape index (κ2) is 6.73. The van der Waals surface area contributed by atoms with Gasteiger partial charge in [-0.25, -0.2) is 4.39 Å². The van der Waals surface area contributed by atoms with Crippen LogP contribution in [0.5, 0.6) is 0 Å². The first-order valence-corrected chi connectivity index (χ1v) is 10.7. The minimum absolute atomic E-state index is 0.0718. The Labute approximate surface area is 180 Å². The number of nitrogens with one attached hydrogen (secondary N) is 1. The van der Waals surface area contributed by atoms with Gasteiger partial charge in [-0.15, -0.1) is 0 Å². The fraction of sp³-hybridized carbons (Fsp3) is 0.333. The largest absolute Gasteiger partial charge is 0.314 e. The first-order valence-electron chi connectivity index (χ1n) is 10.7. The zero-order valence-electron chi connectivity index (χ0n) is 17.4. The Balaban J connectivity index is 1.33. The predicted octanol–water partition coefficient (Wildman–Crippen LogP) is 2.65. The van der Waals surface area contributed by atoms with E-state index in [4.69, 9.17) is 0 Å². The van der Waals surface area contributed by atoms with Crippen LogP contribution in [-0.4, -0.2) is 46.3 Å². The minimum Gasteiger partial charge on any atom is -0.314 e. The number of carbonyl (C=O) groups is 1. The Hall–Kier alpha value is -3.03. The number of rotatable bonds is 4. The van der Waals surface area contributed by atoms with Crippen molar-refractivity contribution in [3.63, 3.8) is 0 Å². The molecule has 2 fully saturated rings. The number of likely N-dealkylation sites (tertiary alicyclic amines) is 1.